The lowest BCUT2D eigenvalue weighted by Crippen LogP contribution is -2.24. The maximum atomic E-state index is 12.2. The molecule has 7 heteroatoms. The fourth-order valence-electron chi connectivity index (χ4n) is 2.34. The SMILES string of the molecule is CCNS(=O)(=O)c1ccc(C(=O)NCc2cccc(COC)c2)cc1. The van der Waals surface area contributed by atoms with Gasteiger partial charge in [-0.25, -0.2) is 13.1 Å². The summed E-state index contributed by atoms with van der Waals surface area (Å²) in [5, 5.41) is 2.82. The second-order valence-corrected chi connectivity index (χ2v) is 7.23. The molecular formula is C18H22N2O4S. The predicted octanol–water partition coefficient (Wildman–Crippen LogP) is 2.06. The van der Waals surface area contributed by atoms with Crippen LogP contribution in [-0.2, 0) is 27.9 Å². The summed E-state index contributed by atoms with van der Waals surface area (Å²) in [5.41, 5.74) is 2.41. The number of hydrogen-bond acceptors (Lipinski definition) is 4. The first-order valence-corrected chi connectivity index (χ1v) is 9.39. The van der Waals surface area contributed by atoms with Crippen LogP contribution >= 0.6 is 0 Å². The lowest BCUT2D eigenvalue weighted by Gasteiger charge is -2.08. The molecule has 2 rings (SSSR count). The number of methoxy groups -OCH3 is 1. The van der Waals surface area contributed by atoms with Gasteiger partial charge in [-0.1, -0.05) is 31.2 Å². The molecule has 2 aromatic carbocycles. The Hall–Kier alpha value is -2.22. The molecule has 0 radical (unpaired) electrons. The second kappa shape index (κ2) is 8.75. The van der Waals surface area contributed by atoms with Crippen molar-refractivity contribution in [3.05, 3.63) is 65.2 Å². The van der Waals surface area contributed by atoms with Crippen LogP contribution in [0, 0.1) is 0 Å². The average molecular weight is 362 g/mol. The number of benzene rings is 2. The van der Waals surface area contributed by atoms with Gasteiger partial charge in [0.15, 0.2) is 0 Å². The maximum absolute atomic E-state index is 12.2. The van der Waals surface area contributed by atoms with Crippen molar-refractivity contribution in [2.45, 2.75) is 25.0 Å². The van der Waals surface area contributed by atoms with E-state index in [0.29, 0.717) is 25.3 Å². The highest BCUT2D eigenvalue weighted by atomic mass is 32.2. The minimum Gasteiger partial charge on any atom is -0.380 e. The molecule has 2 aromatic rings. The molecule has 0 aliphatic carbocycles. The Morgan fingerprint density at radius 3 is 2.40 bits per heavy atom. The standard InChI is InChI=1S/C18H22N2O4S/c1-3-20-25(22,23)17-9-7-16(8-10-17)18(21)19-12-14-5-4-6-15(11-14)13-24-2/h4-11,20H,3,12-13H2,1-2H3,(H,19,21). The maximum Gasteiger partial charge on any atom is 0.251 e. The van der Waals surface area contributed by atoms with Crippen molar-refractivity contribution in [1.82, 2.24) is 10.0 Å². The van der Waals surface area contributed by atoms with Crippen LogP contribution in [0.25, 0.3) is 0 Å². The van der Waals surface area contributed by atoms with Crippen molar-refractivity contribution in [2.75, 3.05) is 13.7 Å². The number of hydrogen-bond donors (Lipinski definition) is 2. The van der Waals surface area contributed by atoms with E-state index in [0.717, 1.165) is 11.1 Å². The number of nitrogens with one attached hydrogen (secondary N) is 2. The van der Waals surface area contributed by atoms with Crippen LogP contribution in [-0.4, -0.2) is 28.0 Å². The average Bonchev–Trinajstić information content (AvgIpc) is 2.60. The Bertz CT molecular complexity index is 817. The Labute approximate surface area is 148 Å². The molecule has 0 spiro atoms. The van der Waals surface area contributed by atoms with Gasteiger partial charge in [-0.2, -0.15) is 0 Å². The number of sulfonamides is 1. The summed E-state index contributed by atoms with van der Waals surface area (Å²) < 4.78 is 31.3. The highest BCUT2D eigenvalue weighted by molar-refractivity contribution is 7.89. The Balaban J connectivity index is 2.00. The Morgan fingerprint density at radius 1 is 1.08 bits per heavy atom. The van der Waals surface area contributed by atoms with Gasteiger partial charge >= 0.3 is 0 Å². The van der Waals surface area contributed by atoms with Gasteiger partial charge in [-0.05, 0) is 35.4 Å². The van der Waals surface area contributed by atoms with Gasteiger partial charge in [-0.3, -0.25) is 4.79 Å². The van der Waals surface area contributed by atoms with Gasteiger partial charge in [0.1, 0.15) is 0 Å². The summed E-state index contributed by atoms with van der Waals surface area (Å²) in [7, 11) is -1.88. The van der Waals surface area contributed by atoms with Crippen LogP contribution in [0.15, 0.2) is 53.4 Å². The third kappa shape index (κ3) is 5.38. The molecule has 0 saturated carbocycles. The quantitative estimate of drug-likeness (QED) is 0.753. The van der Waals surface area contributed by atoms with Gasteiger partial charge in [0.2, 0.25) is 10.0 Å². The summed E-state index contributed by atoms with van der Waals surface area (Å²) in [6.07, 6.45) is 0. The smallest absolute Gasteiger partial charge is 0.251 e. The summed E-state index contributed by atoms with van der Waals surface area (Å²) in [6.45, 7) is 2.92. The molecule has 1 amide bonds. The molecule has 0 unspecified atom stereocenters. The lowest BCUT2D eigenvalue weighted by atomic mass is 10.1. The molecular weight excluding hydrogens is 340 g/mol. The predicted molar refractivity (Wildman–Crippen MR) is 95.6 cm³/mol. The number of ether oxygens (including phenoxy) is 1. The molecule has 0 aromatic heterocycles. The first kappa shape index (κ1) is 19.1. The van der Waals surface area contributed by atoms with Crippen molar-refractivity contribution >= 4 is 15.9 Å². The zero-order valence-electron chi connectivity index (χ0n) is 14.3. The van der Waals surface area contributed by atoms with E-state index in [1.807, 2.05) is 24.3 Å². The van der Waals surface area contributed by atoms with Crippen LogP contribution in [0.1, 0.15) is 28.4 Å². The summed E-state index contributed by atoms with van der Waals surface area (Å²) in [5.74, 6) is -0.260. The molecule has 0 aliphatic heterocycles. The van der Waals surface area contributed by atoms with Crippen molar-refractivity contribution in [2.24, 2.45) is 0 Å². The zero-order valence-corrected chi connectivity index (χ0v) is 15.1. The third-order valence-corrected chi connectivity index (χ3v) is 5.08. The van der Waals surface area contributed by atoms with E-state index < -0.39 is 10.0 Å². The number of carbonyl (C=O) groups excluding carboxylic acids is 1. The van der Waals surface area contributed by atoms with Gasteiger partial charge in [0, 0.05) is 25.8 Å². The van der Waals surface area contributed by atoms with E-state index in [9.17, 15) is 13.2 Å². The van der Waals surface area contributed by atoms with Gasteiger partial charge in [-0.15, -0.1) is 0 Å². The normalized spacial score (nSPS) is 11.3. The first-order chi connectivity index (χ1) is 12.0. The van der Waals surface area contributed by atoms with Gasteiger partial charge < -0.3 is 10.1 Å². The Kier molecular flexibility index (Phi) is 6.69. The fraction of sp³-hybridized carbons (Fsp3) is 0.278. The lowest BCUT2D eigenvalue weighted by molar-refractivity contribution is 0.0951. The number of amides is 1. The van der Waals surface area contributed by atoms with E-state index in [4.69, 9.17) is 4.74 Å². The molecule has 0 atom stereocenters. The van der Waals surface area contributed by atoms with Gasteiger partial charge in [0.25, 0.3) is 5.91 Å². The van der Waals surface area contributed by atoms with E-state index in [2.05, 4.69) is 10.0 Å². The highest BCUT2D eigenvalue weighted by Crippen LogP contribution is 2.11. The largest absolute Gasteiger partial charge is 0.380 e. The topological polar surface area (TPSA) is 84.5 Å². The third-order valence-electron chi connectivity index (χ3n) is 3.52. The van der Waals surface area contributed by atoms with Crippen LogP contribution < -0.4 is 10.0 Å². The van der Waals surface area contributed by atoms with Crippen LogP contribution in [0.2, 0.25) is 0 Å². The number of rotatable bonds is 8. The molecule has 2 N–H and O–H groups in total. The summed E-state index contributed by atoms with van der Waals surface area (Å²) in [4.78, 5) is 12.4. The summed E-state index contributed by atoms with van der Waals surface area (Å²) in [6, 6.07) is 13.6. The number of carbonyl (C=O) groups is 1. The van der Waals surface area contributed by atoms with E-state index in [1.165, 1.54) is 24.3 Å². The van der Waals surface area contributed by atoms with E-state index >= 15 is 0 Å². The van der Waals surface area contributed by atoms with Crippen molar-refractivity contribution < 1.29 is 17.9 Å². The monoisotopic (exact) mass is 362 g/mol. The first-order valence-electron chi connectivity index (χ1n) is 7.91. The van der Waals surface area contributed by atoms with Gasteiger partial charge in [0.05, 0.1) is 11.5 Å². The molecule has 0 aliphatic rings. The fourth-order valence-corrected chi connectivity index (χ4v) is 3.38. The van der Waals surface area contributed by atoms with Crippen LogP contribution in [0.5, 0.6) is 0 Å². The Morgan fingerprint density at radius 2 is 1.76 bits per heavy atom. The van der Waals surface area contributed by atoms with E-state index in [-0.39, 0.29) is 10.8 Å². The molecule has 25 heavy (non-hydrogen) atoms. The van der Waals surface area contributed by atoms with Crippen molar-refractivity contribution in [3.63, 3.8) is 0 Å². The highest BCUT2D eigenvalue weighted by Gasteiger charge is 2.13. The minimum absolute atomic E-state index is 0.137. The van der Waals surface area contributed by atoms with Crippen LogP contribution in [0.3, 0.4) is 0 Å². The van der Waals surface area contributed by atoms with E-state index in [1.54, 1.807) is 14.0 Å². The zero-order chi connectivity index (χ0) is 18.3. The molecule has 6 nitrogen and oxygen atoms in total. The molecule has 0 fully saturated rings. The molecule has 134 valence electrons. The second-order valence-electron chi connectivity index (χ2n) is 5.46. The summed E-state index contributed by atoms with van der Waals surface area (Å²) >= 11 is 0. The molecule has 0 heterocycles. The minimum atomic E-state index is -3.51. The van der Waals surface area contributed by atoms with Crippen molar-refractivity contribution in [1.29, 1.82) is 0 Å². The molecule has 0 bridgehead atoms. The van der Waals surface area contributed by atoms with Crippen LogP contribution in [0.4, 0.5) is 0 Å². The van der Waals surface area contributed by atoms with Crippen molar-refractivity contribution in [3.8, 4) is 0 Å². The molecule has 0 saturated heterocycles.